The quantitative estimate of drug-likeness (QED) is 0.422. The Hall–Kier alpha value is -3.65. The highest BCUT2D eigenvalue weighted by atomic mass is 16.5. The molecule has 8 nitrogen and oxygen atoms in total. The second-order valence-electron chi connectivity index (χ2n) is 9.97. The number of aliphatic hydroxyl groups is 1. The minimum Gasteiger partial charge on any atom is -0.481 e. The van der Waals surface area contributed by atoms with Crippen LogP contribution in [-0.4, -0.2) is 44.1 Å². The van der Waals surface area contributed by atoms with E-state index in [9.17, 15) is 19.8 Å². The van der Waals surface area contributed by atoms with Crippen LogP contribution in [0, 0.1) is 12.3 Å². The van der Waals surface area contributed by atoms with Crippen LogP contribution >= 0.6 is 0 Å². The topological polar surface area (TPSA) is 114 Å². The van der Waals surface area contributed by atoms with E-state index in [2.05, 4.69) is 10.4 Å². The minimum absolute atomic E-state index is 0.0129. The van der Waals surface area contributed by atoms with Crippen molar-refractivity contribution >= 4 is 11.9 Å². The number of carbonyl (C=O) groups is 2. The highest BCUT2D eigenvalue weighted by molar-refractivity contribution is 5.93. The second kappa shape index (κ2) is 10.3. The first kappa shape index (κ1) is 26.0. The van der Waals surface area contributed by atoms with Gasteiger partial charge in [-0.2, -0.15) is 5.10 Å². The molecule has 3 rings (SSSR count). The summed E-state index contributed by atoms with van der Waals surface area (Å²) in [5, 5.41) is 27.5. The Morgan fingerprint density at radius 3 is 2.34 bits per heavy atom. The molecule has 2 atom stereocenters. The highest BCUT2D eigenvalue weighted by Crippen LogP contribution is 2.31. The molecule has 0 fully saturated rings. The number of nitrogens with one attached hydrogen (secondary N) is 1. The first-order valence-electron chi connectivity index (χ1n) is 11.5. The van der Waals surface area contributed by atoms with Crippen LogP contribution in [0.5, 0.6) is 5.88 Å². The molecule has 186 valence electrons. The van der Waals surface area contributed by atoms with Crippen molar-refractivity contribution in [1.29, 1.82) is 0 Å². The number of carboxylic acid groups (broad SMARTS) is 1. The molecule has 1 aromatic heterocycles. The first-order chi connectivity index (χ1) is 16.4. The van der Waals surface area contributed by atoms with Gasteiger partial charge in [0.05, 0.1) is 18.2 Å². The maximum Gasteiger partial charge on any atom is 0.305 e. The first-order valence-corrected chi connectivity index (χ1v) is 11.5. The van der Waals surface area contributed by atoms with Gasteiger partial charge >= 0.3 is 5.97 Å². The summed E-state index contributed by atoms with van der Waals surface area (Å²) in [6.07, 6.45) is -0.271. The third-order valence-electron chi connectivity index (χ3n) is 6.16. The molecule has 0 aliphatic heterocycles. The molecule has 2 aromatic carbocycles. The van der Waals surface area contributed by atoms with E-state index >= 15 is 0 Å². The lowest BCUT2D eigenvalue weighted by atomic mass is 9.78. The standard InChI is InChI=1S/C27H33N3O5/c1-18-10-9-11-19(14-18)21(16-24(31)32)28-25(33)22-15-23(35-17-27(5,34)26(2,3)4)30(29-22)20-12-7-6-8-13-20/h6-15,21,34H,16-17H2,1-5H3,(H,28,33)(H,31,32)/t21-,27+/m0/s1. The van der Waals surface area contributed by atoms with E-state index in [0.29, 0.717) is 11.3 Å². The van der Waals surface area contributed by atoms with Gasteiger partial charge in [-0.25, -0.2) is 4.68 Å². The van der Waals surface area contributed by atoms with Crippen LogP contribution in [0.2, 0.25) is 0 Å². The summed E-state index contributed by atoms with van der Waals surface area (Å²) in [6, 6.07) is 17.3. The van der Waals surface area contributed by atoms with E-state index < -0.39 is 28.9 Å². The Balaban J connectivity index is 1.91. The predicted octanol–water partition coefficient (Wildman–Crippen LogP) is 4.30. The van der Waals surface area contributed by atoms with Gasteiger partial charge in [-0.05, 0) is 37.0 Å². The maximum absolute atomic E-state index is 13.2. The zero-order valence-electron chi connectivity index (χ0n) is 20.8. The van der Waals surface area contributed by atoms with Crippen molar-refractivity contribution in [2.24, 2.45) is 5.41 Å². The summed E-state index contributed by atoms with van der Waals surface area (Å²) in [6.45, 7) is 9.33. The Morgan fingerprint density at radius 2 is 1.74 bits per heavy atom. The van der Waals surface area contributed by atoms with Gasteiger partial charge in [0, 0.05) is 6.07 Å². The Morgan fingerprint density at radius 1 is 1.06 bits per heavy atom. The van der Waals surface area contributed by atoms with Crippen molar-refractivity contribution in [2.75, 3.05) is 6.61 Å². The molecular weight excluding hydrogens is 446 g/mol. The van der Waals surface area contributed by atoms with Gasteiger partial charge in [0.15, 0.2) is 5.69 Å². The van der Waals surface area contributed by atoms with Crippen LogP contribution in [0.3, 0.4) is 0 Å². The van der Waals surface area contributed by atoms with Crippen LogP contribution in [0.1, 0.15) is 61.8 Å². The SMILES string of the molecule is Cc1cccc([C@H](CC(=O)O)NC(=O)c2cc(OC[C@@](C)(O)C(C)(C)C)n(-c3ccccc3)n2)c1. The number of hydrogen-bond acceptors (Lipinski definition) is 5. The van der Waals surface area contributed by atoms with Gasteiger partial charge in [-0.15, -0.1) is 0 Å². The van der Waals surface area contributed by atoms with Crippen LogP contribution in [0.15, 0.2) is 60.7 Å². The smallest absolute Gasteiger partial charge is 0.305 e. The van der Waals surface area contributed by atoms with Crippen LogP contribution < -0.4 is 10.1 Å². The summed E-state index contributed by atoms with van der Waals surface area (Å²) < 4.78 is 7.45. The Labute approximate surface area is 205 Å². The van der Waals surface area contributed by atoms with E-state index in [1.807, 2.05) is 76.2 Å². The fourth-order valence-electron chi connectivity index (χ4n) is 3.31. The summed E-state index contributed by atoms with van der Waals surface area (Å²) in [4.78, 5) is 24.6. The minimum atomic E-state index is -1.14. The van der Waals surface area contributed by atoms with Gasteiger partial charge in [0.1, 0.15) is 12.2 Å². The molecule has 0 saturated carbocycles. The van der Waals surface area contributed by atoms with E-state index in [1.54, 1.807) is 13.0 Å². The third-order valence-corrected chi connectivity index (χ3v) is 6.16. The molecule has 8 heteroatoms. The molecular formula is C27H33N3O5. The molecule has 0 radical (unpaired) electrons. The number of carbonyl (C=O) groups excluding carboxylic acids is 1. The number of aromatic nitrogens is 2. The number of rotatable bonds is 9. The average Bonchev–Trinajstić information content (AvgIpc) is 3.21. The lowest BCUT2D eigenvalue weighted by molar-refractivity contribution is -0.137. The second-order valence-corrected chi connectivity index (χ2v) is 9.97. The molecule has 0 saturated heterocycles. The summed E-state index contributed by atoms with van der Waals surface area (Å²) in [5.74, 6) is -1.27. The zero-order chi connectivity index (χ0) is 25.8. The van der Waals surface area contributed by atoms with Gasteiger partial charge in [-0.3, -0.25) is 9.59 Å². The summed E-state index contributed by atoms with van der Waals surface area (Å²) >= 11 is 0. The van der Waals surface area contributed by atoms with Gasteiger partial charge in [0.25, 0.3) is 5.91 Å². The molecule has 0 aliphatic carbocycles. The fourth-order valence-corrected chi connectivity index (χ4v) is 3.31. The van der Waals surface area contributed by atoms with Crippen molar-refractivity contribution in [2.45, 2.75) is 52.7 Å². The number of amides is 1. The van der Waals surface area contributed by atoms with Crippen molar-refractivity contribution in [1.82, 2.24) is 15.1 Å². The molecule has 1 amide bonds. The Bertz CT molecular complexity index is 1180. The predicted molar refractivity (Wildman–Crippen MR) is 133 cm³/mol. The molecule has 0 spiro atoms. The summed E-state index contributed by atoms with van der Waals surface area (Å²) in [7, 11) is 0. The number of aliphatic carboxylic acids is 1. The van der Waals surface area contributed by atoms with E-state index in [1.165, 1.54) is 10.7 Å². The lowest BCUT2D eigenvalue weighted by Gasteiger charge is -2.36. The van der Waals surface area contributed by atoms with Crippen molar-refractivity contribution in [3.05, 3.63) is 77.5 Å². The lowest BCUT2D eigenvalue weighted by Crippen LogP contribution is -2.45. The van der Waals surface area contributed by atoms with Crippen LogP contribution in [0.4, 0.5) is 0 Å². The van der Waals surface area contributed by atoms with Crippen molar-refractivity contribution in [3.63, 3.8) is 0 Å². The number of ether oxygens (including phenoxy) is 1. The maximum atomic E-state index is 13.2. The van der Waals surface area contributed by atoms with Gasteiger partial charge in [-0.1, -0.05) is 68.8 Å². The zero-order valence-corrected chi connectivity index (χ0v) is 20.8. The summed E-state index contributed by atoms with van der Waals surface area (Å²) in [5.41, 5.74) is 0.824. The van der Waals surface area contributed by atoms with Gasteiger partial charge < -0.3 is 20.3 Å². The van der Waals surface area contributed by atoms with E-state index in [-0.39, 0.29) is 24.6 Å². The average molecular weight is 480 g/mol. The molecule has 0 bridgehead atoms. The van der Waals surface area contributed by atoms with E-state index in [0.717, 1.165) is 5.56 Å². The van der Waals surface area contributed by atoms with Crippen LogP contribution in [-0.2, 0) is 4.79 Å². The third kappa shape index (κ3) is 6.48. The molecule has 0 unspecified atom stereocenters. The van der Waals surface area contributed by atoms with Crippen LogP contribution in [0.25, 0.3) is 5.69 Å². The number of nitrogens with zero attached hydrogens (tertiary/aromatic N) is 2. The molecule has 35 heavy (non-hydrogen) atoms. The normalized spacial score (nSPS) is 14.1. The van der Waals surface area contributed by atoms with Crippen molar-refractivity contribution < 1.29 is 24.5 Å². The number of aryl methyl sites for hydroxylation is 1. The molecule has 3 aromatic rings. The number of hydrogen-bond donors (Lipinski definition) is 3. The Kier molecular flexibility index (Phi) is 7.65. The highest BCUT2D eigenvalue weighted by Gasteiger charge is 2.36. The van der Waals surface area contributed by atoms with Crippen molar-refractivity contribution in [3.8, 4) is 11.6 Å². The largest absolute Gasteiger partial charge is 0.481 e. The molecule has 0 aliphatic rings. The fraction of sp³-hybridized carbons (Fsp3) is 0.370. The monoisotopic (exact) mass is 479 g/mol. The van der Waals surface area contributed by atoms with Gasteiger partial charge in [0.2, 0.25) is 5.88 Å². The molecule has 1 heterocycles. The number of carboxylic acids is 1. The molecule has 3 N–H and O–H groups in total. The number of para-hydroxylation sites is 1. The number of benzene rings is 2. The van der Waals surface area contributed by atoms with E-state index in [4.69, 9.17) is 4.74 Å².